The van der Waals surface area contributed by atoms with E-state index in [0.717, 1.165) is 6.42 Å². The number of likely N-dealkylation sites (tertiary alicyclic amines) is 1. The van der Waals surface area contributed by atoms with E-state index in [0.29, 0.717) is 43.1 Å². The van der Waals surface area contributed by atoms with Crippen LogP contribution in [0.5, 0.6) is 0 Å². The number of carbonyl (C=O) groups is 3. The third kappa shape index (κ3) is 3.58. The summed E-state index contributed by atoms with van der Waals surface area (Å²) in [6.07, 6.45) is 1.93. The summed E-state index contributed by atoms with van der Waals surface area (Å²) >= 11 is 0. The number of carboxylic acid groups (broad SMARTS) is 1. The van der Waals surface area contributed by atoms with Gasteiger partial charge in [-0.1, -0.05) is 6.92 Å². The Hall–Kier alpha value is -2.37. The van der Waals surface area contributed by atoms with Crippen LogP contribution < -0.4 is 5.32 Å². The number of hydrogen-bond acceptors (Lipinski definition) is 3. The molecular weight excluding hydrogens is 308 g/mol. The highest BCUT2D eigenvalue weighted by Crippen LogP contribution is 2.38. The molecule has 2 atom stereocenters. The van der Waals surface area contributed by atoms with E-state index >= 15 is 0 Å². The van der Waals surface area contributed by atoms with Crippen molar-refractivity contribution in [1.29, 1.82) is 0 Å². The second-order valence-corrected chi connectivity index (χ2v) is 6.79. The average Bonchev–Trinajstić information content (AvgIpc) is 3.32. The van der Waals surface area contributed by atoms with Crippen molar-refractivity contribution in [1.82, 2.24) is 4.90 Å². The van der Waals surface area contributed by atoms with Crippen LogP contribution in [0.3, 0.4) is 0 Å². The molecule has 0 aromatic heterocycles. The van der Waals surface area contributed by atoms with Gasteiger partial charge in [0, 0.05) is 30.3 Å². The number of piperidine rings is 1. The third-order valence-electron chi connectivity index (χ3n) is 4.98. The van der Waals surface area contributed by atoms with E-state index in [-0.39, 0.29) is 23.7 Å². The minimum Gasteiger partial charge on any atom is -0.481 e. The Morgan fingerprint density at radius 2 is 1.71 bits per heavy atom. The molecule has 128 valence electrons. The van der Waals surface area contributed by atoms with Gasteiger partial charge in [0.15, 0.2) is 0 Å². The number of aliphatic carboxylic acids is 1. The molecule has 6 heteroatoms. The van der Waals surface area contributed by atoms with Crippen LogP contribution in [0.25, 0.3) is 0 Å². The number of nitrogens with one attached hydrogen (secondary N) is 1. The molecule has 3 rings (SSSR count). The van der Waals surface area contributed by atoms with Crippen LogP contribution in [-0.2, 0) is 9.59 Å². The predicted octanol–water partition coefficient (Wildman–Crippen LogP) is 2.22. The van der Waals surface area contributed by atoms with E-state index < -0.39 is 5.97 Å². The number of hydrogen-bond donors (Lipinski definition) is 2. The lowest BCUT2D eigenvalue weighted by molar-refractivity contribution is -0.143. The fraction of sp³-hybridized carbons (Fsp3) is 0.500. The minimum atomic E-state index is -0.785. The Bertz CT molecular complexity index is 647. The Balaban J connectivity index is 1.56. The molecule has 0 unspecified atom stereocenters. The van der Waals surface area contributed by atoms with Crippen LogP contribution in [0.15, 0.2) is 24.3 Å². The molecule has 1 aromatic carbocycles. The van der Waals surface area contributed by atoms with Crippen molar-refractivity contribution >= 4 is 23.5 Å². The van der Waals surface area contributed by atoms with Crippen molar-refractivity contribution in [2.45, 2.75) is 26.2 Å². The van der Waals surface area contributed by atoms with Crippen molar-refractivity contribution in [2.24, 2.45) is 17.8 Å². The summed E-state index contributed by atoms with van der Waals surface area (Å²) in [5.74, 6) is -0.616. The molecule has 1 aliphatic heterocycles. The van der Waals surface area contributed by atoms with E-state index in [1.54, 1.807) is 29.2 Å². The summed E-state index contributed by atoms with van der Waals surface area (Å²) in [6, 6.07) is 6.89. The van der Waals surface area contributed by atoms with E-state index in [1.807, 2.05) is 0 Å². The van der Waals surface area contributed by atoms with E-state index in [4.69, 9.17) is 5.11 Å². The molecule has 1 aromatic rings. The number of carboxylic acids is 1. The molecule has 2 amide bonds. The second kappa shape index (κ2) is 6.63. The number of carbonyl (C=O) groups excluding carboxylic acids is 2. The van der Waals surface area contributed by atoms with E-state index in [1.165, 1.54) is 0 Å². The van der Waals surface area contributed by atoms with Crippen molar-refractivity contribution in [3.63, 3.8) is 0 Å². The Morgan fingerprint density at radius 3 is 2.21 bits per heavy atom. The fourth-order valence-corrected chi connectivity index (χ4v) is 3.13. The number of anilines is 1. The maximum absolute atomic E-state index is 12.5. The number of amides is 2. The van der Waals surface area contributed by atoms with Crippen LogP contribution in [0.4, 0.5) is 5.69 Å². The summed E-state index contributed by atoms with van der Waals surface area (Å²) < 4.78 is 0. The maximum atomic E-state index is 12.5. The second-order valence-electron chi connectivity index (χ2n) is 6.79. The van der Waals surface area contributed by atoms with Crippen LogP contribution in [0.1, 0.15) is 36.5 Å². The van der Waals surface area contributed by atoms with E-state index in [2.05, 4.69) is 12.2 Å². The zero-order valence-corrected chi connectivity index (χ0v) is 13.7. The zero-order valence-electron chi connectivity index (χ0n) is 13.7. The van der Waals surface area contributed by atoms with Crippen LogP contribution in [0.2, 0.25) is 0 Å². The van der Waals surface area contributed by atoms with Gasteiger partial charge in [-0.2, -0.15) is 0 Å². The van der Waals surface area contributed by atoms with Gasteiger partial charge in [0.25, 0.3) is 5.91 Å². The highest BCUT2D eigenvalue weighted by molar-refractivity contribution is 5.97. The van der Waals surface area contributed by atoms with Gasteiger partial charge >= 0.3 is 5.97 Å². The Labute approximate surface area is 140 Å². The molecule has 1 saturated heterocycles. The van der Waals surface area contributed by atoms with Gasteiger partial charge in [0.1, 0.15) is 0 Å². The van der Waals surface area contributed by atoms with Gasteiger partial charge in [-0.05, 0) is 49.4 Å². The first-order valence-electron chi connectivity index (χ1n) is 8.38. The molecule has 0 bridgehead atoms. The first-order valence-corrected chi connectivity index (χ1v) is 8.38. The predicted molar refractivity (Wildman–Crippen MR) is 88.6 cm³/mol. The van der Waals surface area contributed by atoms with Gasteiger partial charge in [0.2, 0.25) is 5.91 Å². The number of nitrogens with zero attached hydrogens (tertiary/aromatic N) is 1. The van der Waals surface area contributed by atoms with Gasteiger partial charge < -0.3 is 15.3 Å². The molecule has 2 aliphatic rings. The first-order chi connectivity index (χ1) is 11.5. The quantitative estimate of drug-likeness (QED) is 0.886. The molecule has 6 nitrogen and oxygen atoms in total. The standard InChI is InChI=1S/C18H22N2O4/c1-11-10-15(11)16(21)19-14-4-2-12(3-5-14)17(22)20-8-6-13(7-9-20)18(23)24/h2-5,11,13,15H,6-10H2,1H3,(H,19,21)(H,23,24)/t11-,15-/m1/s1. The Kier molecular flexibility index (Phi) is 4.55. The molecule has 1 saturated carbocycles. The summed E-state index contributed by atoms with van der Waals surface area (Å²) in [6.45, 7) is 2.99. The van der Waals surface area contributed by atoms with E-state index in [9.17, 15) is 14.4 Å². The number of rotatable bonds is 4. The van der Waals surface area contributed by atoms with Gasteiger partial charge in [-0.15, -0.1) is 0 Å². The summed E-state index contributed by atoms with van der Waals surface area (Å²) in [5.41, 5.74) is 1.25. The van der Waals surface area contributed by atoms with Gasteiger partial charge in [-0.3, -0.25) is 14.4 Å². The first kappa shape index (κ1) is 16.5. The molecule has 1 aliphatic carbocycles. The van der Waals surface area contributed by atoms with Crippen molar-refractivity contribution in [3.05, 3.63) is 29.8 Å². The topological polar surface area (TPSA) is 86.7 Å². The molecule has 0 spiro atoms. The largest absolute Gasteiger partial charge is 0.481 e. The lowest BCUT2D eigenvalue weighted by Crippen LogP contribution is -2.40. The third-order valence-corrected chi connectivity index (χ3v) is 4.98. The monoisotopic (exact) mass is 330 g/mol. The lowest BCUT2D eigenvalue weighted by Gasteiger charge is -2.30. The summed E-state index contributed by atoms with van der Waals surface area (Å²) in [5, 5.41) is 11.9. The van der Waals surface area contributed by atoms with Crippen LogP contribution >= 0.6 is 0 Å². The van der Waals surface area contributed by atoms with Crippen LogP contribution in [0, 0.1) is 17.8 Å². The molecule has 0 radical (unpaired) electrons. The SMILES string of the molecule is C[C@@H]1C[C@H]1C(=O)Nc1ccc(C(=O)N2CCC(C(=O)O)CC2)cc1. The number of benzene rings is 1. The normalized spacial score (nSPS) is 23.6. The van der Waals surface area contributed by atoms with Crippen molar-refractivity contribution in [2.75, 3.05) is 18.4 Å². The minimum absolute atomic E-state index is 0.0392. The average molecular weight is 330 g/mol. The zero-order chi connectivity index (χ0) is 17.3. The summed E-state index contributed by atoms with van der Waals surface area (Å²) in [7, 11) is 0. The van der Waals surface area contributed by atoms with Gasteiger partial charge in [0.05, 0.1) is 5.92 Å². The smallest absolute Gasteiger partial charge is 0.306 e. The van der Waals surface area contributed by atoms with Crippen molar-refractivity contribution in [3.8, 4) is 0 Å². The lowest BCUT2D eigenvalue weighted by atomic mass is 9.96. The molecule has 1 heterocycles. The highest BCUT2D eigenvalue weighted by atomic mass is 16.4. The molecule has 2 N–H and O–H groups in total. The van der Waals surface area contributed by atoms with Gasteiger partial charge in [-0.25, -0.2) is 0 Å². The van der Waals surface area contributed by atoms with Crippen molar-refractivity contribution < 1.29 is 19.5 Å². The Morgan fingerprint density at radius 1 is 1.12 bits per heavy atom. The maximum Gasteiger partial charge on any atom is 0.306 e. The van der Waals surface area contributed by atoms with Crippen LogP contribution in [-0.4, -0.2) is 40.9 Å². The molecular formula is C18H22N2O4. The highest BCUT2D eigenvalue weighted by Gasteiger charge is 2.39. The molecule has 2 fully saturated rings. The molecule has 24 heavy (non-hydrogen) atoms. The summed E-state index contributed by atoms with van der Waals surface area (Å²) in [4.78, 5) is 37.0. The fourth-order valence-electron chi connectivity index (χ4n) is 3.13.